The van der Waals surface area contributed by atoms with Crippen LogP contribution < -0.4 is 10.1 Å². The predicted molar refractivity (Wildman–Crippen MR) is 98.0 cm³/mol. The maximum atomic E-state index is 12.8. The smallest absolute Gasteiger partial charge is 0.291 e. The van der Waals surface area contributed by atoms with Gasteiger partial charge < -0.3 is 14.6 Å². The molecule has 1 N–H and O–H groups in total. The van der Waals surface area contributed by atoms with Crippen molar-refractivity contribution >= 4 is 34.4 Å². The number of carbonyl (C=O) groups is 1. The number of hydrogen-bond donors (Lipinski definition) is 1. The van der Waals surface area contributed by atoms with Crippen LogP contribution in [0.4, 0.5) is 14.5 Å². The second kappa shape index (κ2) is 7.74. The lowest BCUT2D eigenvalue weighted by Gasteiger charge is -2.12. The third-order valence-electron chi connectivity index (χ3n) is 3.74. The number of halogens is 2. The summed E-state index contributed by atoms with van der Waals surface area (Å²) in [6.07, 6.45) is 0. The molecule has 0 saturated carbocycles. The number of nitrogens with one attached hydrogen (secondary N) is 1. The zero-order chi connectivity index (χ0) is 18.7. The van der Waals surface area contributed by atoms with Crippen LogP contribution in [0.2, 0.25) is 0 Å². The van der Waals surface area contributed by atoms with E-state index in [1.807, 2.05) is 13.0 Å². The number of nitrogens with zero attached hydrogens (tertiary/aromatic N) is 2. The van der Waals surface area contributed by atoms with Crippen LogP contribution in [0.15, 0.2) is 47.6 Å². The maximum Gasteiger partial charge on any atom is 0.291 e. The standard InChI is InChI=1S/C18H17F2N3O2S/c1-11-7-8-15(25-2)13(9-11)21-16(24)10-23-14-6-4-3-5-12(14)22-18(23)26-17(19)20/h3-9,17H,10H2,1-2H3,(H,21,24). The first-order chi connectivity index (χ1) is 12.5. The van der Waals surface area contributed by atoms with Crippen LogP contribution in [0.1, 0.15) is 5.56 Å². The van der Waals surface area contributed by atoms with E-state index >= 15 is 0 Å². The van der Waals surface area contributed by atoms with E-state index in [1.54, 1.807) is 36.4 Å². The van der Waals surface area contributed by atoms with Crippen LogP contribution in [0, 0.1) is 6.92 Å². The van der Waals surface area contributed by atoms with Crippen molar-refractivity contribution in [1.29, 1.82) is 0 Å². The Morgan fingerprint density at radius 3 is 2.81 bits per heavy atom. The van der Waals surface area contributed by atoms with Gasteiger partial charge in [-0.2, -0.15) is 8.78 Å². The molecule has 0 aliphatic carbocycles. The number of benzene rings is 2. The number of para-hydroxylation sites is 2. The molecule has 26 heavy (non-hydrogen) atoms. The van der Waals surface area contributed by atoms with Crippen molar-refractivity contribution in [3.05, 3.63) is 48.0 Å². The molecule has 8 heteroatoms. The molecule has 3 rings (SSSR count). The van der Waals surface area contributed by atoms with Crippen LogP contribution in [-0.2, 0) is 11.3 Å². The number of carbonyl (C=O) groups excluding carboxylic acids is 1. The van der Waals surface area contributed by atoms with Gasteiger partial charge in [0.05, 0.1) is 23.8 Å². The third kappa shape index (κ3) is 3.96. The minimum absolute atomic E-state index is 0.104. The molecule has 0 unspecified atom stereocenters. The second-order valence-corrected chi connectivity index (χ2v) is 6.56. The zero-order valence-electron chi connectivity index (χ0n) is 14.2. The number of imidazole rings is 1. The van der Waals surface area contributed by atoms with E-state index < -0.39 is 5.76 Å². The fourth-order valence-corrected chi connectivity index (χ4v) is 3.23. The van der Waals surface area contributed by atoms with Crippen molar-refractivity contribution in [3.8, 4) is 5.75 Å². The lowest BCUT2D eigenvalue weighted by molar-refractivity contribution is -0.116. The Kier molecular flexibility index (Phi) is 5.41. The summed E-state index contributed by atoms with van der Waals surface area (Å²) < 4.78 is 32.4. The Hall–Kier alpha value is -2.61. The summed E-state index contributed by atoms with van der Waals surface area (Å²) in [7, 11) is 1.51. The number of amides is 1. The summed E-state index contributed by atoms with van der Waals surface area (Å²) in [4.78, 5) is 16.7. The van der Waals surface area contributed by atoms with E-state index in [-0.39, 0.29) is 17.6 Å². The largest absolute Gasteiger partial charge is 0.495 e. The minimum Gasteiger partial charge on any atom is -0.495 e. The van der Waals surface area contributed by atoms with E-state index in [0.717, 1.165) is 5.56 Å². The topological polar surface area (TPSA) is 56.1 Å². The highest BCUT2D eigenvalue weighted by Crippen LogP contribution is 2.29. The number of hydrogen-bond acceptors (Lipinski definition) is 4. The first-order valence-corrected chi connectivity index (χ1v) is 8.70. The molecular formula is C18H17F2N3O2S. The fourth-order valence-electron chi connectivity index (χ4n) is 2.63. The van der Waals surface area contributed by atoms with E-state index in [2.05, 4.69) is 10.3 Å². The maximum absolute atomic E-state index is 12.8. The van der Waals surface area contributed by atoms with Crippen molar-refractivity contribution in [3.63, 3.8) is 0 Å². The molecule has 136 valence electrons. The molecular weight excluding hydrogens is 360 g/mol. The minimum atomic E-state index is -2.62. The van der Waals surface area contributed by atoms with Crippen molar-refractivity contribution in [2.75, 3.05) is 12.4 Å². The van der Waals surface area contributed by atoms with Crippen molar-refractivity contribution < 1.29 is 18.3 Å². The van der Waals surface area contributed by atoms with Crippen molar-refractivity contribution in [2.45, 2.75) is 24.4 Å². The highest BCUT2D eigenvalue weighted by Gasteiger charge is 2.18. The van der Waals surface area contributed by atoms with Crippen LogP contribution in [0.25, 0.3) is 11.0 Å². The van der Waals surface area contributed by atoms with Gasteiger partial charge in [0.1, 0.15) is 12.3 Å². The van der Waals surface area contributed by atoms with Crippen LogP contribution in [-0.4, -0.2) is 28.3 Å². The Bertz CT molecular complexity index is 943. The summed E-state index contributed by atoms with van der Waals surface area (Å²) in [5, 5.41) is 2.88. The monoisotopic (exact) mass is 377 g/mol. The van der Waals surface area contributed by atoms with Gasteiger partial charge in [-0.1, -0.05) is 18.2 Å². The summed E-state index contributed by atoms with van der Waals surface area (Å²) in [6, 6.07) is 12.4. The number of rotatable bonds is 6. The number of methoxy groups -OCH3 is 1. The van der Waals surface area contributed by atoms with Crippen LogP contribution in [0.5, 0.6) is 5.75 Å². The number of aromatic nitrogens is 2. The first kappa shape index (κ1) is 18.2. The molecule has 0 aliphatic heterocycles. The zero-order valence-corrected chi connectivity index (χ0v) is 15.0. The molecule has 5 nitrogen and oxygen atoms in total. The van der Waals surface area contributed by atoms with Gasteiger partial charge in [-0.15, -0.1) is 0 Å². The van der Waals surface area contributed by atoms with Crippen molar-refractivity contribution in [2.24, 2.45) is 0 Å². The van der Waals surface area contributed by atoms with Crippen LogP contribution in [0.3, 0.4) is 0 Å². The van der Waals surface area contributed by atoms with E-state index in [9.17, 15) is 13.6 Å². The molecule has 3 aromatic rings. The Morgan fingerprint density at radius 1 is 1.31 bits per heavy atom. The van der Waals surface area contributed by atoms with E-state index in [0.29, 0.717) is 34.2 Å². The lowest BCUT2D eigenvalue weighted by atomic mass is 10.2. The predicted octanol–water partition coefficient (Wildman–Crippen LogP) is 4.31. The Morgan fingerprint density at radius 2 is 2.08 bits per heavy atom. The third-order valence-corrected chi connectivity index (χ3v) is 4.45. The number of thioether (sulfide) groups is 1. The molecule has 1 heterocycles. The number of ether oxygens (including phenoxy) is 1. The highest BCUT2D eigenvalue weighted by atomic mass is 32.2. The first-order valence-electron chi connectivity index (χ1n) is 7.82. The SMILES string of the molecule is COc1ccc(C)cc1NC(=O)Cn1c(SC(F)F)nc2ccccc21. The molecule has 0 saturated heterocycles. The molecule has 2 aromatic carbocycles. The number of anilines is 1. The summed E-state index contributed by atoms with van der Waals surface area (Å²) in [5.74, 6) is -2.44. The van der Waals surface area contributed by atoms with Crippen molar-refractivity contribution in [1.82, 2.24) is 9.55 Å². The summed E-state index contributed by atoms with van der Waals surface area (Å²) >= 11 is 0.323. The molecule has 1 amide bonds. The molecule has 0 fully saturated rings. The van der Waals surface area contributed by atoms with E-state index in [1.165, 1.54) is 11.7 Å². The number of alkyl halides is 2. The fraction of sp³-hybridized carbons (Fsp3) is 0.222. The molecule has 0 atom stereocenters. The van der Waals surface area contributed by atoms with Gasteiger partial charge >= 0.3 is 0 Å². The van der Waals surface area contributed by atoms with Gasteiger partial charge in [-0.3, -0.25) is 4.79 Å². The summed E-state index contributed by atoms with van der Waals surface area (Å²) in [6.45, 7) is 1.77. The summed E-state index contributed by atoms with van der Waals surface area (Å²) in [5.41, 5.74) is 2.69. The highest BCUT2D eigenvalue weighted by molar-refractivity contribution is 7.99. The van der Waals surface area contributed by atoms with Gasteiger partial charge in [0.15, 0.2) is 5.16 Å². The second-order valence-electron chi connectivity index (χ2n) is 5.60. The molecule has 0 spiro atoms. The molecule has 0 aliphatic rings. The van der Waals surface area contributed by atoms with Crippen LogP contribution >= 0.6 is 11.8 Å². The van der Waals surface area contributed by atoms with Gasteiger partial charge in [0, 0.05) is 0 Å². The number of fused-ring (bicyclic) bond motifs is 1. The quantitative estimate of drug-likeness (QED) is 0.651. The average Bonchev–Trinajstić information content (AvgIpc) is 2.92. The molecule has 0 radical (unpaired) electrons. The number of aryl methyl sites for hydroxylation is 1. The van der Waals surface area contributed by atoms with Gasteiger partial charge in [0.25, 0.3) is 5.76 Å². The van der Waals surface area contributed by atoms with Gasteiger partial charge in [-0.05, 0) is 48.5 Å². The van der Waals surface area contributed by atoms with Gasteiger partial charge in [-0.25, -0.2) is 4.98 Å². The van der Waals surface area contributed by atoms with Gasteiger partial charge in [0.2, 0.25) is 5.91 Å². The molecule has 0 bridgehead atoms. The molecule has 1 aromatic heterocycles. The lowest BCUT2D eigenvalue weighted by Crippen LogP contribution is -2.19. The van der Waals surface area contributed by atoms with E-state index in [4.69, 9.17) is 4.74 Å². The Balaban J connectivity index is 1.88. The normalized spacial score (nSPS) is 11.1. The Labute approximate surface area is 153 Å². The average molecular weight is 377 g/mol.